The van der Waals surface area contributed by atoms with Crippen LogP contribution < -0.4 is 5.32 Å². The maximum Gasteiger partial charge on any atom is 0.306 e. The molecule has 0 aliphatic rings. The number of aliphatic carboxylic acids is 1. The summed E-state index contributed by atoms with van der Waals surface area (Å²) >= 11 is 0. The standard InChI is InChI=1S/C9H14N2O2/c1-7(9(12)13)4-6-11-8-3-2-5-10-8/h2-3,5,7,10-11H,4,6H2,1H3,(H,12,13). The number of hydrogen-bond donors (Lipinski definition) is 3. The van der Waals surface area contributed by atoms with Gasteiger partial charge in [0.15, 0.2) is 0 Å². The second kappa shape index (κ2) is 4.54. The molecule has 1 unspecified atom stereocenters. The zero-order valence-corrected chi connectivity index (χ0v) is 7.58. The lowest BCUT2D eigenvalue weighted by Gasteiger charge is -2.06. The van der Waals surface area contributed by atoms with Crippen LogP contribution in [0.4, 0.5) is 5.82 Å². The van der Waals surface area contributed by atoms with E-state index < -0.39 is 5.97 Å². The molecule has 1 aromatic heterocycles. The van der Waals surface area contributed by atoms with Gasteiger partial charge in [-0.25, -0.2) is 0 Å². The van der Waals surface area contributed by atoms with Crippen LogP contribution in [0.1, 0.15) is 13.3 Å². The average molecular weight is 182 g/mol. The van der Waals surface area contributed by atoms with E-state index in [1.807, 2.05) is 18.3 Å². The average Bonchev–Trinajstić information content (AvgIpc) is 2.56. The van der Waals surface area contributed by atoms with Gasteiger partial charge in [-0.2, -0.15) is 0 Å². The van der Waals surface area contributed by atoms with Crippen LogP contribution in [0.15, 0.2) is 18.3 Å². The highest BCUT2D eigenvalue weighted by Crippen LogP contribution is 2.04. The van der Waals surface area contributed by atoms with Crippen molar-refractivity contribution in [3.05, 3.63) is 18.3 Å². The van der Waals surface area contributed by atoms with E-state index in [4.69, 9.17) is 5.11 Å². The largest absolute Gasteiger partial charge is 0.481 e. The van der Waals surface area contributed by atoms with E-state index in [0.717, 1.165) is 5.82 Å². The number of anilines is 1. The SMILES string of the molecule is CC(CCNc1ccc[nH]1)C(=O)O. The normalized spacial score (nSPS) is 12.4. The topological polar surface area (TPSA) is 65.1 Å². The van der Waals surface area contributed by atoms with Gasteiger partial charge in [-0.3, -0.25) is 4.79 Å². The summed E-state index contributed by atoms with van der Waals surface area (Å²) in [6.45, 7) is 2.38. The van der Waals surface area contributed by atoms with Gasteiger partial charge in [0.25, 0.3) is 0 Å². The number of H-pyrrole nitrogens is 1. The fourth-order valence-corrected chi connectivity index (χ4v) is 0.987. The fourth-order valence-electron chi connectivity index (χ4n) is 0.987. The van der Waals surface area contributed by atoms with Crippen molar-refractivity contribution in [2.24, 2.45) is 5.92 Å². The van der Waals surface area contributed by atoms with Crippen LogP contribution in [-0.2, 0) is 4.79 Å². The number of aromatic amines is 1. The first-order valence-electron chi connectivity index (χ1n) is 4.30. The molecule has 4 heteroatoms. The zero-order valence-electron chi connectivity index (χ0n) is 7.58. The molecule has 0 saturated heterocycles. The van der Waals surface area contributed by atoms with E-state index in [0.29, 0.717) is 13.0 Å². The van der Waals surface area contributed by atoms with Gasteiger partial charge in [0.05, 0.1) is 5.92 Å². The van der Waals surface area contributed by atoms with Crippen LogP contribution >= 0.6 is 0 Å². The van der Waals surface area contributed by atoms with Gasteiger partial charge in [0.2, 0.25) is 0 Å². The summed E-state index contributed by atoms with van der Waals surface area (Å²) in [5.74, 6) is -0.103. The van der Waals surface area contributed by atoms with Crippen molar-refractivity contribution in [2.75, 3.05) is 11.9 Å². The first-order chi connectivity index (χ1) is 6.20. The number of hydrogen-bond acceptors (Lipinski definition) is 2. The number of carboxylic acids is 1. The van der Waals surface area contributed by atoms with Crippen molar-refractivity contribution >= 4 is 11.8 Å². The summed E-state index contributed by atoms with van der Waals surface area (Å²) in [4.78, 5) is 13.4. The molecule has 1 aromatic rings. The van der Waals surface area contributed by atoms with Crippen molar-refractivity contribution in [3.8, 4) is 0 Å². The first-order valence-corrected chi connectivity index (χ1v) is 4.30. The molecule has 0 aliphatic heterocycles. The lowest BCUT2D eigenvalue weighted by molar-refractivity contribution is -0.141. The molecule has 72 valence electrons. The Morgan fingerprint density at radius 2 is 2.54 bits per heavy atom. The maximum atomic E-state index is 10.5. The molecule has 0 saturated carbocycles. The predicted octanol–water partition coefficient (Wildman–Crippen LogP) is 1.54. The molecule has 1 atom stereocenters. The molecular formula is C9H14N2O2. The number of carbonyl (C=O) groups is 1. The van der Waals surface area contributed by atoms with E-state index in [9.17, 15) is 4.79 Å². The third-order valence-electron chi connectivity index (χ3n) is 1.91. The lowest BCUT2D eigenvalue weighted by atomic mass is 10.1. The minimum Gasteiger partial charge on any atom is -0.481 e. The Kier molecular flexibility index (Phi) is 3.37. The van der Waals surface area contributed by atoms with Crippen LogP contribution in [0.2, 0.25) is 0 Å². The summed E-state index contributed by atoms with van der Waals surface area (Å²) in [5.41, 5.74) is 0. The molecule has 0 aliphatic carbocycles. The highest BCUT2D eigenvalue weighted by atomic mass is 16.4. The van der Waals surface area contributed by atoms with Gasteiger partial charge < -0.3 is 15.4 Å². The smallest absolute Gasteiger partial charge is 0.306 e. The number of aromatic nitrogens is 1. The summed E-state index contributed by atoms with van der Waals surface area (Å²) in [6, 6.07) is 3.80. The molecule has 13 heavy (non-hydrogen) atoms. The third-order valence-corrected chi connectivity index (χ3v) is 1.91. The van der Waals surface area contributed by atoms with Crippen LogP contribution in [-0.4, -0.2) is 22.6 Å². The minimum absolute atomic E-state index is 0.289. The van der Waals surface area contributed by atoms with Crippen molar-refractivity contribution < 1.29 is 9.90 Å². The van der Waals surface area contributed by atoms with Gasteiger partial charge in [0.1, 0.15) is 5.82 Å². The molecular weight excluding hydrogens is 168 g/mol. The van der Waals surface area contributed by atoms with Crippen LogP contribution in [0.25, 0.3) is 0 Å². The molecule has 1 heterocycles. The molecule has 1 rings (SSSR count). The Labute approximate surface area is 77.0 Å². The van der Waals surface area contributed by atoms with Crippen LogP contribution in [0.5, 0.6) is 0 Å². The van der Waals surface area contributed by atoms with Crippen LogP contribution in [0, 0.1) is 5.92 Å². The molecule has 0 spiro atoms. The van der Waals surface area contributed by atoms with Crippen molar-refractivity contribution in [1.29, 1.82) is 0 Å². The third kappa shape index (κ3) is 3.19. The van der Waals surface area contributed by atoms with Crippen molar-refractivity contribution in [2.45, 2.75) is 13.3 Å². The summed E-state index contributed by atoms with van der Waals surface area (Å²) in [7, 11) is 0. The molecule has 0 bridgehead atoms. The predicted molar refractivity (Wildman–Crippen MR) is 50.7 cm³/mol. The quantitative estimate of drug-likeness (QED) is 0.647. The van der Waals surface area contributed by atoms with Gasteiger partial charge in [-0.15, -0.1) is 0 Å². The Bertz CT molecular complexity index is 257. The molecule has 0 aromatic carbocycles. The Morgan fingerprint density at radius 1 is 1.77 bits per heavy atom. The molecule has 0 fully saturated rings. The summed E-state index contributed by atoms with van der Waals surface area (Å²) < 4.78 is 0. The number of carboxylic acid groups (broad SMARTS) is 1. The number of rotatable bonds is 5. The Morgan fingerprint density at radius 3 is 3.08 bits per heavy atom. The highest BCUT2D eigenvalue weighted by molar-refractivity contribution is 5.69. The fraction of sp³-hybridized carbons (Fsp3) is 0.444. The van der Waals surface area contributed by atoms with Gasteiger partial charge in [-0.05, 0) is 18.6 Å². The Balaban J connectivity index is 2.18. The lowest BCUT2D eigenvalue weighted by Crippen LogP contribution is -2.14. The van der Waals surface area contributed by atoms with Crippen molar-refractivity contribution in [3.63, 3.8) is 0 Å². The number of nitrogens with one attached hydrogen (secondary N) is 2. The molecule has 0 amide bonds. The van der Waals surface area contributed by atoms with E-state index in [1.165, 1.54) is 0 Å². The van der Waals surface area contributed by atoms with Crippen LogP contribution in [0.3, 0.4) is 0 Å². The van der Waals surface area contributed by atoms with Gasteiger partial charge >= 0.3 is 5.97 Å². The molecule has 4 nitrogen and oxygen atoms in total. The minimum atomic E-state index is -0.742. The van der Waals surface area contributed by atoms with E-state index in [1.54, 1.807) is 6.92 Å². The molecule has 0 radical (unpaired) electrons. The highest BCUT2D eigenvalue weighted by Gasteiger charge is 2.09. The van der Waals surface area contributed by atoms with Crippen molar-refractivity contribution in [1.82, 2.24) is 4.98 Å². The van der Waals surface area contributed by atoms with E-state index in [-0.39, 0.29) is 5.92 Å². The van der Waals surface area contributed by atoms with E-state index in [2.05, 4.69) is 10.3 Å². The first kappa shape index (κ1) is 9.64. The summed E-state index contributed by atoms with van der Waals surface area (Å²) in [6.07, 6.45) is 2.46. The zero-order chi connectivity index (χ0) is 9.68. The maximum absolute atomic E-state index is 10.5. The Hall–Kier alpha value is -1.45. The summed E-state index contributed by atoms with van der Waals surface area (Å²) in [5, 5.41) is 11.7. The van der Waals surface area contributed by atoms with E-state index >= 15 is 0 Å². The van der Waals surface area contributed by atoms with Gasteiger partial charge in [-0.1, -0.05) is 6.92 Å². The monoisotopic (exact) mass is 182 g/mol. The molecule has 3 N–H and O–H groups in total. The second-order valence-electron chi connectivity index (χ2n) is 3.04. The second-order valence-corrected chi connectivity index (χ2v) is 3.04. The van der Waals surface area contributed by atoms with Gasteiger partial charge in [0, 0.05) is 12.7 Å².